The maximum Gasteiger partial charge on any atom is 0.541 e. The molecule has 8 nitrogen and oxygen atoms in total. The summed E-state index contributed by atoms with van der Waals surface area (Å²) in [7, 11) is -1.31. The smallest absolute Gasteiger partial charge is 0.534 e. The normalized spacial score (nSPS) is 15.7. The summed E-state index contributed by atoms with van der Waals surface area (Å²) in [6, 6.07) is 4.83. The van der Waals surface area contributed by atoms with E-state index in [2.05, 4.69) is 5.32 Å². The zero-order valence-electron chi connectivity index (χ0n) is 18.1. The molecule has 0 aliphatic carbocycles. The second-order valence-corrected chi connectivity index (χ2v) is 7.23. The molecule has 12 heteroatoms. The molecule has 0 radical (unpaired) electrons. The Kier molecular flexibility index (Phi) is 9.79. The van der Waals surface area contributed by atoms with E-state index in [0.29, 0.717) is 25.1 Å². The van der Waals surface area contributed by atoms with E-state index < -0.39 is 38.2 Å². The molecular weight excluding hydrogens is 432 g/mol. The summed E-state index contributed by atoms with van der Waals surface area (Å²) in [6.45, 7) is 4.12. The fourth-order valence-electron chi connectivity index (χ4n) is 3.24. The van der Waals surface area contributed by atoms with Gasteiger partial charge in [-0.15, -0.1) is 0 Å². The molecule has 1 amide bonds. The molecule has 0 bridgehead atoms. The number of hydrogen-bond acceptors (Lipinski definition) is 7. The predicted octanol–water partition coefficient (Wildman–Crippen LogP) is 1.94. The first-order chi connectivity index (χ1) is 15.2. The van der Waals surface area contributed by atoms with Crippen LogP contribution in [-0.2, 0) is 20.7 Å². The molecule has 0 unspecified atom stereocenters. The first kappa shape index (κ1) is 26.0. The predicted molar refractivity (Wildman–Crippen MR) is 110 cm³/mol. The number of fused-ring (bicyclic) bond motifs is 1. The van der Waals surface area contributed by atoms with Crippen molar-refractivity contribution in [2.45, 2.75) is 45.2 Å². The molecule has 0 saturated heterocycles. The summed E-state index contributed by atoms with van der Waals surface area (Å²) >= 11 is 0. The second-order valence-electron chi connectivity index (χ2n) is 7.23. The van der Waals surface area contributed by atoms with Gasteiger partial charge in [-0.1, -0.05) is 12.1 Å². The van der Waals surface area contributed by atoms with E-state index in [1.807, 2.05) is 13.8 Å². The van der Waals surface area contributed by atoms with Crippen LogP contribution >= 0.6 is 0 Å². The lowest BCUT2D eigenvalue weighted by atomic mass is 9.72. The Morgan fingerprint density at radius 1 is 1.31 bits per heavy atom. The highest BCUT2D eigenvalue weighted by atomic mass is 19.4. The average molecular weight is 460 g/mol. The van der Waals surface area contributed by atoms with Gasteiger partial charge in [0.1, 0.15) is 11.3 Å². The van der Waals surface area contributed by atoms with Crippen LogP contribution in [0.5, 0.6) is 5.75 Å². The standard InChI is InChI=1S/C20H28BF3N2O6/c1-3-26(4-2)17(27)12-31-19(28)15-8-5-7-14-11-16(21(29)32-18(14)15)25-13-30-10-6-9-20(22,23)24/h5,7-8,16,25,29H,3-4,6,9-13H2,1-2H3/t16-/m0/s1. The minimum Gasteiger partial charge on any atom is -0.534 e. The van der Waals surface area contributed by atoms with Crippen LogP contribution in [0.25, 0.3) is 0 Å². The first-order valence-electron chi connectivity index (χ1n) is 10.5. The molecule has 1 aliphatic heterocycles. The lowest BCUT2D eigenvalue weighted by molar-refractivity contribution is -0.138. The van der Waals surface area contributed by atoms with E-state index in [1.54, 1.807) is 12.1 Å². The Balaban J connectivity index is 1.89. The summed E-state index contributed by atoms with van der Waals surface area (Å²) in [5.41, 5.74) is 0.727. The SMILES string of the molecule is CCN(CC)C(=O)COC(=O)c1cccc2c1OB(O)[C@@H](NCOCCCC(F)(F)F)C2. The summed E-state index contributed by atoms with van der Waals surface area (Å²) in [6.07, 6.45) is -5.00. The molecule has 1 heterocycles. The van der Waals surface area contributed by atoms with Gasteiger partial charge in [-0.05, 0) is 38.3 Å². The van der Waals surface area contributed by atoms with Crippen molar-refractivity contribution in [3.8, 4) is 5.75 Å². The van der Waals surface area contributed by atoms with Gasteiger partial charge in [-0.2, -0.15) is 13.2 Å². The minimum absolute atomic E-state index is 0.0620. The van der Waals surface area contributed by atoms with Crippen molar-refractivity contribution >= 4 is 19.0 Å². The number of carbonyl (C=O) groups excluding carboxylic acids is 2. The zero-order valence-corrected chi connectivity index (χ0v) is 18.1. The van der Waals surface area contributed by atoms with Crippen LogP contribution in [0.1, 0.15) is 42.6 Å². The van der Waals surface area contributed by atoms with Crippen molar-refractivity contribution in [2.75, 3.05) is 33.0 Å². The molecule has 0 aromatic heterocycles. The van der Waals surface area contributed by atoms with Crippen LogP contribution in [0.2, 0.25) is 0 Å². The summed E-state index contributed by atoms with van der Waals surface area (Å²) in [5.74, 6) is -1.47. The van der Waals surface area contributed by atoms with Crippen molar-refractivity contribution < 1.29 is 41.9 Å². The number of esters is 1. The van der Waals surface area contributed by atoms with Crippen LogP contribution < -0.4 is 9.97 Å². The molecule has 0 fully saturated rings. The topological polar surface area (TPSA) is 97.3 Å². The molecule has 0 saturated carbocycles. The highest BCUT2D eigenvalue weighted by Crippen LogP contribution is 2.30. The molecule has 1 atom stereocenters. The van der Waals surface area contributed by atoms with Gasteiger partial charge in [0.15, 0.2) is 6.61 Å². The van der Waals surface area contributed by atoms with E-state index in [0.717, 1.165) is 0 Å². The fourth-order valence-corrected chi connectivity index (χ4v) is 3.24. The highest BCUT2D eigenvalue weighted by Gasteiger charge is 2.36. The maximum absolute atomic E-state index is 12.5. The molecular formula is C20H28BF3N2O6. The van der Waals surface area contributed by atoms with Crippen molar-refractivity contribution in [2.24, 2.45) is 0 Å². The summed E-state index contributed by atoms with van der Waals surface area (Å²) in [4.78, 5) is 26.1. The van der Waals surface area contributed by atoms with Crippen LogP contribution in [0, 0.1) is 0 Å². The van der Waals surface area contributed by atoms with Crippen molar-refractivity contribution in [1.29, 1.82) is 0 Å². The average Bonchev–Trinajstić information content (AvgIpc) is 2.74. The Morgan fingerprint density at radius 2 is 2.03 bits per heavy atom. The molecule has 32 heavy (non-hydrogen) atoms. The van der Waals surface area contributed by atoms with Gasteiger partial charge < -0.3 is 24.1 Å². The quantitative estimate of drug-likeness (QED) is 0.226. The number of ether oxygens (including phenoxy) is 2. The number of alkyl halides is 3. The largest absolute Gasteiger partial charge is 0.541 e. The Morgan fingerprint density at radius 3 is 2.69 bits per heavy atom. The maximum atomic E-state index is 12.5. The number of amides is 1. The van der Waals surface area contributed by atoms with E-state index in [1.165, 1.54) is 11.0 Å². The number of rotatable bonds is 11. The number of likely N-dealkylation sites (N-methyl/N-ethyl adjacent to an activating group) is 1. The number of hydrogen-bond donors (Lipinski definition) is 2. The molecule has 0 spiro atoms. The van der Waals surface area contributed by atoms with E-state index >= 15 is 0 Å². The molecule has 2 N–H and O–H groups in total. The Hall–Kier alpha value is -2.31. The van der Waals surface area contributed by atoms with Gasteiger partial charge in [0, 0.05) is 26.1 Å². The minimum atomic E-state index is -4.22. The lowest BCUT2D eigenvalue weighted by Crippen LogP contribution is -2.52. The van der Waals surface area contributed by atoms with Gasteiger partial charge in [0.05, 0.1) is 12.7 Å². The second kappa shape index (κ2) is 12.1. The summed E-state index contributed by atoms with van der Waals surface area (Å²) in [5, 5.41) is 13.2. The van der Waals surface area contributed by atoms with E-state index in [-0.39, 0.29) is 37.0 Å². The number of halogens is 3. The van der Waals surface area contributed by atoms with Crippen LogP contribution in [0.15, 0.2) is 18.2 Å². The number of nitrogens with one attached hydrogen (secondary N) is 1. The third-order valence-corrected chi connectivity index (χ3v) is 4.98. The molecule has 1 aromatic rings. The van der Waals surface area contributed by atoms with Crippen LogP contribution in [0.4, 0.5) is 13.2 Å². The van der Waals surface area contributed by atoms with Gasteiger partial charge in [0.2, 0.25) is 0 Å². The number of para-hydroxylation sites is 1. The molecule has 1 aromatic carbocycles. The van der Waals surface area contributed by atoms with Crippen molar-refractivity contribution in [3.05, 3.63) is 29.3 Å². The van der Waals surface area contributed by atoms with E-state index in [9.17, 15) is 27.8 Å². The fraction of sp³-hybridized carbons (Fsp3) is 0.600. The van der Waals surface area contributed by atoms with Gasteiger partial charge in [0.25, 0.3) is 5.91 Å². The lowest BCUT2D eigenvalue weighted by Gasteiger charge is -2.29. The number of carbonyl (C=O) groups is 2. The Bertz CT molecular complexity index is 776. The van der Waals surface area contributed by atoms with Crippen molar-refractivity contribution in [3.63, 3.8) is 0 Å². The van der Waals surface area contributed by atoms with Crippen LogP contribution in [-0.4, -0.2) is 74.1 Å². The molecule has 178 valence electrons. The first-order valence-corrected chi connectivity index (χ1v) is 10.5. The highest BCUT2D eigenvalue weighted by molar-refractivity contribution is 6.46. The summed E-state index contributed by atoms with van der Waals surface area (Å²) < 4.78 is 52.1. The Labute approximate surface area is 185 Å². The van der Waals surface area contributed by atoms with E-state index in [4.69, 9.17) is 14.1 Å². The monoisotopic (exact) mass is 460 g/mol. The third-order valence-electron chi connectivity index (χ3n) is 4.98. The van der Waals surface area contributed by atoms with Gasteiger partial charge >= 0.3 is 19.3 Å². The number of benzene rings is 1. The van der Waals surface area contributed by atoms with Gasteiger partial charge in [-0.3, -0.25) is 10.1 Å². The van der Waals surface area contributed by atoms with Gasteiger partial charge in [-0.25, -0.2) is 4.79 Å². The third kappa shape index (κ3) is 7.68. The molecule has 1 aliphatic rings. The zero-order chi connectivity index (χ0) is 23.7. The molecule has 2 rings (SSSR count). The number of nitrogens with zero attached hydrogens (tertiary/aromatic N) is 1. The van der Waals surface area contributed by atoms with Crippen molar-refractivity contribution in [1.82, 2.24) is 10.2 Å². The van der Waals surface area contributed by atoms with Crippen LogP contribution in [0.3, 0.4) is 0 Å².